The van der Waals surface area contributed by atoms with Crippen LogP contribution in [0.3, 0.4) is 0 Å². The van der Waals surface area contributed by atoms with Gasteiger partial charge in [0.05, 0.1) is 4.90 Å². The van der Waals surface area contributed by atoms with Crippen molar-refractivity contribution in [1.29, 1.82) is 0 Å². The zero-order chi connectivity index (χ0) is 16.9. The summed E-state index contributed by atoms with van der Waals surface area (Å²) in [5.41, 5.74) is 2.89. The summed E-state index contributed by atoms with van der Waals surface area (Å²) in [6.07, 6.45) is 1.39. The van der Waals surface area contributed by atoms with Gasteiger partial charge in [0.1, 0.15) is 0 Å². The maximum Gasteiger partial charge on any atom is 0.282 e. The van der Waals surface area contributed by atoms with E-state index in [9.17, 15) is 8.42 Å². The second kappa shape index (κ2) is 7.42. The molecule has 0 saturated heterocycles. The average molecular weight is 330 g/mol. The first-order valence-corrected chi connectivity index (χ1v) is 9.12. The maximum absolute atomic E-state index is 12.2. The monoisotopic (exact) mass is 330 g/mol. The fraction of sp³-hybridized carbons (Fsp3) is 0.278. The lowest BCUT2D eigenvalue weighted by Gasteiger charge is -2.20. The van der Waals surface area contributed by atoms with E-state index in [0.717, 1.165) is 29.9 Å². The zero-order valence-corrected chi connectivity index (χ0v) is 14.5. The third kappa shape index (κ3) is 4.42. The number of aryl methyl sites for hydroxylation is 1. The molecule has 23 heavy (non-hydrogen) atoms. The van der Waals surface area contributed by atoms with Gasteiger partial charge in [0.2, 0.25) is 0 Å². The molecule has 2 aromatic rings. The van der Waals surface area contributed by atoms with Crippen LogP contribution in [0.15, 0.2) is 57.8 Å². The number of benzene rings is 2. The fourth-order valence-corrected chi connectivity index (χ4v) is 3.12. The summed E-state index contributed by atoms with van der Waals surface area (Å²) in [6, 6.07) is 14.4. The van der Waals surface area contributed by atoms with E-state index in [2.05, 4.69) is 23.1 Å². The van der Waals surface area contributed by atoms with Gasteiger partial charge in [-0.2, -0.15) is 12.8 Å². The first-order chi connectivity index (χ1) is 11.0. The van der Waals surface area contributed by atoms with Crippen LogP contribution >= 0.6 is 0 Å². The highest BCUT2D eigenvalue weighted by Crippen LogP contribution is 2.16. The van der Waals surface area contributed by atoms with E-state index < -0.39 is 10.0 Å². The topological polar surface area (TPSA) is 49.7 Å². The fourth-order valence-electron chi connectivity index (χ4n) is 2.26. The van der Waals surface area contributed by atoms with Gasteiger partial charge in [0.25, 0.3) is 10.0 Å². The highest BCUT2D eigenvalue weighted by molar-refractivity contribution is 7.90. The van der Waals surface area contributed by atoms with Crippen molar-refractivity contribution in [1.82, 2.24) is 0 Å². The van der Waals surface area contributed by atoms with Crippen LogP contribution < -0.4 is 4.90 Å². The van der Waals surface area contributed by atoms with Gasteiger partial charge in [0, 0.05) is 25.0 Å². The predicted octanol–water partition coefficient (Wildman–Crippen LogP) is 3.65. The summed E-state index contributed by atoms with van der Waals surface area (Å²) in [5.74, 6) is 0. The summed E-state index contributed by atoms with van der Waals surface area (Å²) < 4.78 is 28.1. The molecule has 0 fully saturated rings. The van der Waals surface area contributed by atoms with Crippen LogP contribution in [-0.2, 0) is 10.0 Å². The average Bonchev–Trinajstić information content (AvgIpc) is 2.56. The van der Waals surface area contributed by atoms with Crippen LogP contribution in [-0.4, -0.2) is 27.7 Å². The van der Waals surface area contributed by atoms with Gasteiger partial charge < -0.3 is 4.90 Å². The largest absolute Gasteiger partial charge is 0.372 e. The number of nitrogens with zero attached hydrogens (tertiary/aromatic N) is 2. The van der Waals surface area contributed by atoms with E-state index >= 15 is 0 Å². The minimum atomic E-state index is -3.65. The summed E-state index contributed by atoms with van der Waals surface area (Å²) >= 11 is 0. The van der Waals surface area contributed by atoms with Crippen molar-refractivity contribution < 1.29 is 8.42 Å². The Morgan fingerprint density at radius 1 is 0.957 bits per heavy atom. The number of hydrogen-bond donors (Lipinski definition) is 0. The van der Waals surface area contributed by atoms with Gasteiger partial charge in [-0.15, -0.1) is 0 Å². The van der Waals surface area contributed by atoms with Gasteiger partial charge >= 0.3 is 0 Å². The Morgan fingerprint density at radius 3 is 2.04 bits per heavy atom. The molecule has 0 unspecified atom stereocenters. The molecule has 0 aliphatic heterocycles. The van der Waals surface area contributed by atoms with Gasteiger partial charge in [-0.3, -0.25) is 0 Å². The van der Waals surface area contributed by atoms with Gasteiger partial charge in [-0.1, -0.05) is 29.8 Å². The molecule has 0 aliphatic rings. The Kier molecular flexibility index (Phi) is 5.55. The Bertz CT molecular complexity index is 760. The molecule has 2 aromatic carbocycles. The lowest BCUT2D eigenvalue weighted by Crippen LogP contribution is -2.21. The minimum absolute atomic E-state index is 0.208. The predicted molar refractivity (Wildman–Crippen MR) is 96.0 cm³/mol. The maximum atomic E-state index is 12.2. The number of sulfonamides is 1. The van der Waals surface area contributed by atoms with E-state index in [-0.39, 0.29) is 4.90 Å². The van der Waals surface area contributed by atoms with E-state index in [1.807, 2.05) is 31.2 Å². The third-order valence-electron chi connectivity index (χ3n) is 3.68. The molecule has 5 heteroatoms. The van der Waals surface area contributed by atoms with Crippen molar-refractivity contribution in [2.45, 2.75) is 25.7 Å². The Balaban J connectivity index is 2.17. The van der Waals surface area contributed by atoms with Crippen LogP contribution in [0.1, 0.15) is 25.0 Å². The van der Waals surface area contributed by atoms with E-state index in [1.165, 1.54) is 6.21 Å². The summed E-state index contributed by atoms with van der Waals surface area (Å²) in [4.78, 5) is 2.43. The van der Waals surface area contributed by atoms with Gasteiger partial charge in [0.15, 0.2) is 0 Å². The highest BCUT2D eigenvalue weighted by Gasteiger charge is 2.10. The first-order valence-electron chi connectivity index (χ1n) is 7.68. The van der Waals surface area contributed by atoms with Crippen LogP contribution in [0, 0.1) is 6.92 Å². The van der Waals surface area contributed by atoms with Gasteiger partial charge in [-0.25, -0.2) is 0 Å². The van der Waals surface area contributed by atoms with E-state index in [1.54, 1.807) is 24.3 Å². The lowest BCUT2D eigenvalue weighted by molar-refractivity contribution is 0.598. The van der Waals surface area contributed by atoms with Crippen molar-refractivity contribution in [2.75, 3.05) is 18.0 Å². The summed E-state index contributed by atoms with van der Waals surface area (Å²) in [7, 11) is -3.65. The SMILES string of the molecule is CCN(CC)c1ccc(C=NS(=O)(=O)c2ccc(C)cc2)cc1. The van der Waals surface area contributed by atoms with Crippen LogP contribution in [0.5, 0.6) is 0 Å². The van der Waals surface area contributed by atoms with Crippen molar-refractivity contribution in [3.05, 3.63) is 59.7 Å². The molecule has 0 aliphatic carbocycles. The number of anilines is 1. The summed E-state index contributed by atoms with van der Waals surface area (Å²) in [6.45, 7) is 7.99. The van der Waals surface area contributed by atoms with Crippen LogP contribution in [0.2, 0.25) is 0 Å². The molecule has 2 rings (SSSR count). The number of hydrogen-bond acceptors (Lipinski definition) is 3. The molecule has 0 amide bonds. The minimum Gasteiger partial charge on any atom is -0.372 e. The van der Waals surface area contributed by atoms with E-state index in [4.69, 9.17) is 0 Å². The molecular weight excluding hydrogens is 308 g/mol. The molecule has 0 bridgehead atoms. The second-order valence-electron chi connectivity index (χ2n) is 5.29. The summed E-state index contributed by atoms with van der Waals surface area (Å²) in [5, 5.41) is 0. The quantitative estimate of drug-likeness (QED) is 0.760. The molecule has 0 heterocycles. The first kappa shape index (κ1) is 17.2. The van der Waals surface area contributed by atoms with Crippen molar-refractivity contribution in [3.8, 4) is 0 Å². The van der Waals surface area contributed by atoms with E-state index in [0.29, 0.717) is 0 Å². The second-order valence-corrected chi connectivity index (χ2v) is 6.92. The standard InChI is InChI=1S/C18H22N2O2S/c1-4-20(5-2)17-10-8-16(9-11-17)14-19-23(21,22)18-12-6-15(3)7-13-18/h6-14H,4-5H2,1-3H3. The molecule has 0 saturated carbocycles. The molecular formula is C18H22N2O2S. The van der Waals surface area contributed by atoms with Crippen LogP contribution in [0.25, 0.3) is 0 Å². The molecule has 122 valence electrons. The van der Waals surface area contributed by atoms with Gasteiger partial charge in [-0.05, 0) is 50.6 Å². The van der Waals surface area contributed by atoms with Crippen LogP contribution in [0.4, 0.5) is 5.69 Å². The molecule has 0 aromatic heterocycles. The molecule has 0 spiro atoms. The Hall–Kier alpha value is -2.14. The third-order valence-corrected chi connectivity index (χ3v) is 4.93. The number of rotatable bonds is 6. The lowest BCUT2D eigenvalue weighted by atomic mass is 10.2. The highest BCUT2D eigenvalue weighted by atomic mass is 32.2. The van der Waals surface area contributed by atoms with Crippen molar-refractivity contribution >= 4 is 21.9 Å². The molecule has 0 radical (unpaired) electrons. The van der Waals surface area contributed by atoms with Crippen molar-refractivity contribution in [2.24, 2.45) is 4.40 Å². The Morgan fingerprint density at radius 2 is 1.52 bits per heavy atom. The Labute approximate surface area is 138 Å². The molecule has 0 N–H and O–H groups in total. The molecule has 4 nitrogen and oxygen atoms in total. The zero-order valence-electron chi connectivity index (χ0n) is 13.7. The normalized spacial score (nSPS) is 11.8. The van der Waals surface area contributed by atoms with Crippen molar-refractivity contribution in [3.63, 3.8) is 0 Å². The molecule has 0 atom stereocenters. The smallest absolute Gasteiger partial charge is 0.282 e.